The minimum Gasteiger partial charge on any atom is -0.396 e. The van der Waals surface area contributed by atoms with Crippen molar-refractivity contribution in [3.63, 3.8) is 0 Å². The van der Waals surface area contributed by atoms with Gasteiger partial charge in [-0.2, -0.15) is 0 Å². The highest BCUT2D eigenvalue weighted by Crippen LogP contribution is 2.20. The van der Waals surface area contributed by atoms with Crippen LogP contribution < -0.4 is 17.2 Å². The zero-order valence-corrected chi connectivity index (χ0v) is 6.63. The van der Waals surface area contributed by atoms with E-state index in [1.54, 1.807) is 12.1 Å². The van der Waals surface area contributed by atoms with Crippen LogP contribution in [0.1, 0.15) is 11.6 Å². The van der Waals surface area contributed by atoms with Crippen molar-refractivity contribution in [3.05, 3.63) is 29.6 Å². The second kappa shape index (κ2) is 3.51. The molecule has 0 amide bonds. The SMILES string of the molecule is NC[C@H](N)c1cccc(F)c1N. The summed E-state index contributed by atoms with van der Waals surface area (Å²) in [7, 11) is 0. The van der Waals surface area contributed by atoms with Crippen molar-refractivity contribution in [3.8, 4) is 0 Å². The van der Waals surface area contributed by atoms with Crippen LogP contribution in [-0.2, 0) is 0 Å². The van der Waals surface area contributed by atoms with Gasteiger partial charge in [0.15, 0.2) is 0 Å². The van der Waals surface area contributed by atoms with Crippen molar-refractivity contribution in [1.82, 2.24) is 0 Å². The Hall–Kier alpha value is -1.13. The zero-order chi connectivity index (χ0) is 9.14. The average molecular weight is 169 g/mol. The first-order valence-corrected chi connectivity index (χ1v) is 3.66. The fourth-order valence-corrected chi connectivity index (χ4v) is 1.00. The summed E-state index contributed by atoms with van der Waals surface area (Å²) < 4.78 is 12.9. The molecule has 66 valence electrons. The molecule has 0 heterocycles. The molecule has 0 unspecified atom stereocenters. The molecule has 1 aromatic rings. The summed E-state index contributed by atoms with van der Waals surface area (Å²) in [4.78, 5) is 0. The molecular formula is C8H12FN3. The molecule has 3 nitrogen and oxygen atoms in total. The molecule has 1 aromatic carbocycles. The Kier molecular flexibility index (Phi) is 2.62. The number of nitrogens with two attached hydrogens (primary N) is 3. The monoisotopic (exact) mass is 169 g/mol. The number of benzene rings is 1. The quantitative estimate of drug-likeness (QED) is 0.559. The van der Waals surface area contributed by atoms with Gasteiger partial charge in [0.25, 0.3) is 0 Å². The molecule has 0 aliphatic rings. The minimum absolute atomic E-state index is 0.0930. The number of hydrogen-bond acceptors (Lipinski definition) is 3. The lowest BCUT2D eigenvalue weighted by Crippen LogP contribution is -2.22. The van der Waals surface area contributed by atoms with E-state index in [9.17, 15) is 4.39 Å². The molecular weight excluding hydrogens is 157 g/mol. The Morgan fingerprint density at radius 1 is 1.42 bits per heavy atom. The summed E-state index contributed by atoms with van der Waals surface area (Å²) in [6.07, 6.45) is 0. The molecule has 0 saturated carbocycles. The van der Waals surface area contributed by atoms with Gasteiger partial charge in [-0.3, -0.25) is 0 Å². The van der Waals surface area contributed by atoms with Crippen molar-refractivity contribution in [2.75, 3.05) is 12.3 Å². The highest BCUT2D eigenvalue weighted by atomic mass is 19.1. The number of halogens is 1. The molecule has 1 atom stereocenters. The topological polar surface area (TPSA) is 78.1 Å². The summed E-state index contributed by atoms with van der Waals surface area (Å²) in [5.74, 6) is -0.448. The molecule has 1 rings (SSSR count). The predicted molar refractivity (Wildman–Crippen MR) is 46.8 cm³/mol. The highest BCUT2D eigenvalue weighted by molar-refractivity contribution is 5.49. The van der Waals surface area contributed by atoms with Crippen molar-refractivity contribution < 1.29 is 4.39 Å². The maximum absolute atomic E-state index is 12.9. The third-order valence-corrected chi connectivity index (χ3v) is 1.74. The van der Waals surface area contributed by atoms with Crippen molar-refractivity contribution in [2.45, 2.75) is 6.04 Å². The second-order valence-corrected chi connectivity index (χ2v) is 2.58. The summed E-state index contributed by atoms with van der Waals surface area (Å²) in [5, 5.41) is 0. The third kappa shape index (κ3) is 1.54. The first-order chi connectivity index (χ1) is 5.66. The lowest BCUT2D eigenvalue weighted by molar-refractivity contribution is 0.625. The molecule has 6 N–H and O–H groups in total. The van der Waals surface area contributed by atoms with E-state index >= 15 is 0 Å². The fourth-order valence-electron chi connectivity index (χ4n) is 1.00. The summed E-state index contributed by atoms with van der Waals surface area (Å²) in [6.45, 7) is 0.258. The Morgan fingerprint density at radius 3 is 2.67 bits per heavy atom. The van der Waals surface area contributed by atoms with Crippen LogP contribution in [0.25, 0.3) is 0 Å². The lowest BCUT2D eigenvalue weighted by Gasteiger charge is -2.11. The van der Waals surface area contributed by atoms with Crippen LogP contribution in [0.5, 0.6) is 0 Å². The van der Waals surface area contributed by atoms with Gasteiger partial charge in [0.2, 0.25) is 0 Å². The Bertz CT molecular complexity index is 275. The van der Waals surface area contributed by atoms with E-state index in [2.05, 4.69) is 0 Å². The first-order valence-electron chi connectivity index (χ1n) is 3.66. The third-order valence-electron chi connectivity index (χ3n) is 1.74. The minimum atomic E-state index is -0.448. The van der Waals surface area contributed by atoms with E-state index in [-0.39, 0.29) is 18.3 Å². The van der Waals surface area contributed by atoms with Crippen LogP contribution >= 0.6 is 0 Å². The molecule has 12 heavy (non-hydrogen) atoms. The Labute approximate surface area is 70.3 Å². The van der Waals surface area contributed by atoms with Crippen LogP contribution in [0.4, 0.5) is 10.1 Å². The van der Waals surface area contributed by atoms with Crippen LogP contribution in [-0.4, -0.2) is 6.54 Å². The van der Waals surface area contributed by atoms with Gasteiger partial charge in [-0.05, 0) is 11.6 Å². The summed E-state index contributed by atoms with van der Waals surface area (Å²) >= 11 is 0. The standard InChI is InChI=1S/C8H12FN3/c9-6-3-1-2-5(8(6)12)7(11)4-10/h1-3,7H,4,10-12H2/t7-/m0/s1. The van der Waals surface area contributed by atoms with Gasteiger partial charge in [-0.1, -0.05) is 12.1 Å². The number of hydrogen-bond donors (Lipinski definition) is 3. The molecule has 0 aromatic heterocycles. The Balaban J connectivity index is 3.07. The molecule has 0 saturated heterocycles. The molecule has 0 aliphatic carbocycles. The van der Waals surface area contributed by atoms with Crippen LogP contribution in [0, 0.1) is 5.82 Å². The fraction of sp³-hybridized carbons (Fsp3) is 0.250. The first kappa shape index (κ1) is 8.96. The molecule has 0 spiro atoms. The normalized spacial score (nSPS) is 12.9. The second-order valence-electron chi connectivity index (χ2n) is 2.58. The van der Waals surface area contributed by atoms with E-state index in [1.165, 1.54) is 6.07 Å². The van der Waals surface area contributed by atoms with Gasteiger partial charge in [-0.25, -0.2) is 4.39 Å². The summed E-state index contributed by atoms with van der Waals surface area (Å²) in [5.41, 5.74) is 17.0. The molecule has 4 heteroatoms. The van der Waals surface area contributed by atoms with E-state index in [1.807, 2.05) is 0 Å². The number of anilines is 1. The van der Waals surface area contributed by atoms with E-state index < -0.39 is 5.82 Å². The number of nitrogen functional groups attached to an aromatic ring is 1. The molecule has 0 aliphatic heterocycles. The van der Waals surface area contributed by atoms with Crippen LogP contribution in [0.15, 0.2) is 18.2 Å². The lowest BCUT2D eigenvalue weighted by atomic mass is 10.1. The number of rotatable bonds is 2. The van der Waals surface area contributed by atoms with Gasteiger partial charge in [0.05, 0.1) is 5.69 Å². The highest BCUT2D eigenvalue weighted by Gasteiger charge is 2.09. The summed E-state index contributed by atoms with van der Waals surface area (Å²) in [6, 6.07) is 4.15. The molecule has 0 radical (unpaired) electrons. The van der Waals surface area contributed by atoms with Gasteiger partial charge >= 0.3 is 0 Å². The smallest absolute Gasteiger partial charge is 0.146 e. The van der Waals surface area contributed by atoms with Gasteiger partial charge < -0.3 is 17.2 Å². The van der Waals surface area contributed by atoms with Crippen molar-refractivity contribution >= 4 is 5.69 Å². The van der Waals surface area contributed by atoms with Crippen LogP contribution in [0.2, 0.25) is 0 Å². The Morgan fingerprint density at radius 2 is 2.08 bits per heavy atom. The van der Waals surface area contributed by atoms with Gasteiger partial charge in [0.1, 0.15) is 5.82 Å². The molecule has 0 bridgehead atoms. The van der Waals surface area contributed by atoms with Crippen LogP contribution in [0.3, 0.4) is 0 Å². The average Bonchev–Trinajstić information content (AvgIpc) is 2.08. The van der Waals surface area contributed by atoms with Gasteiger partial charge in [-0.15, -0.1) is 0 Å². The van der Waals surface area contributed by atoms with E-state index in [4.69, 9.17) is 17.2 Å². The largest absolute Gasteiger partial charge is 0.396 e. The van der Waals surface area contributed by atoms with E-state index in [0.717, 1.165) is 0 Å². The van der Waals surface area contributed by atoms with E-state index in [0.29, 0.717) is 5.56 Å². The predicted octanol–water partition coefficient (Wildman–Crippen LogP) is 0.366. The van der Waals surface area contributed by atoms with Gasteiger partial charge in [0, 0.05) is 12.6 Å². The maximum Gasteiger partial charge on any atom is 0.146 e. The van der Waals surface area contributed by atoms with Crippen molar-refractivity contribution in [2.24, 2.45) is 11.5 Å². The maximum atomic E-state index is 12.9. The molecule has 0 fully saturated rings. The van der Waals surface area contributed by atoms with Crippen molar-refractivity contribution in [1.29, 1.82) is 0 Å². The zero-order valence-electron chi connectivity index (χ0n) is 6.63. The number of para-hydroxylation sites is 1.